The fourth-order valence-electron chi connectivity index (χ4n) is 4.68. The number of fused-ring (bicyclic) bond motifs is 1. The van der Waals surface area contributed by atoms with E-state index in [-0.39, 0.29) is 17.4 Å². The average molecular weight is 500 g/mol. The largest absolute Gasteiger partial charge is 0.507 e. The lowest BCUT2D eigenvalue weighted by molar-refractivity contribution is -0.132. The van der Waals surface area contributed by atoms with Crippen LogP contribution < -0.4 is 19.1 Å². The molecule has 1 unspecified atom stereocenters. The van der Waals surface area contributed by atoms with Crippen molar-refractivity contribution < 1.29 is 28.9 Å². The predicted octanol–water partition coefficient (Wildman–Crippen LogP) is 5.43. The van der Waals surface area contributed by atoms with E-state index in [0.29, 0.717) is 47.3 Å². The summed E-state index contributed by atoms with van der Waals surface area (Å²) in [6, 6.07) is 18.9. The second-order valence-corrected chi connectivity index (χ2v) is 9.29. The molecule has 0 aromatic heterocycles. The Bertz CT molecular complexity index is 1380. The Labute approximate surface area is 215 Å². The Balaban J connectivity index is 1.66. The Morgan fingerprint density at radius 1 is 1.00 bits per heavy atom. The van der Waals surface area contributed by atoms with Crippen molar-refractivity contribution in [2.75, 3.05) is 18.1 Å². The zero-order chi connectivity index (χ0) is 26.1. The van der Waals surface area contributed by atoms with Gasteiger partial charge in [-0.2, -0.15) is 0 Å². The van der Waals surface area contributed by atoms with Crippen molar-refractivity contribution in [3.63, 3.8) is 0 Å². The number of benzene rings is 3. The molecule has 0 saturated carbocycles. The lowest BCUT2D eigenvalue weighted by Gasteiger charge is -2.27. The molecule has 2 aliphatic rings. The molecule has 1 amide bonds. The molecule has 7 nitrogen and oxygen atoms in total. The third-order valence-corrected chi connectivity index (χ3v) is 6.43. The Kier molecular flexibility index (Phi) is 6.61. The molecular formula is C30H29NO6. The summed E-state index contributed by atoms with van der Waals surface area (Å²) in [5.74, 6) is -0.0904. The number of hydrogen-bond acceptors (Lipinski definition) is 6. The first kappa shape index (κ1) is 24.4. The monoisotopic (exact) mass is 499 g/mol. The van der Waals surface area contributed by atoms with E-state index in [4.69, 9.17) is 14.2 Å². The molecule has 0 spiro atoms. The van der Waals surface area contributed by atoms with Gasteiger partial charge in [0, 0.05) is 17.3 Å². The molecular weight excluding hydrogens is 470 g/mol. The van der Waals surface area contributed by atoms with E-state index in [1.807, 2.05) is 38.1 Å². The van der Waals surface area contributed by atoms with Gasteiger partial charge in [-0.1, -0.05) is 43.3 Å². The number of carbonyl (C=O) groups excluding carboxylic acids is 2. The van der Waals surface area contributed by atoms with Crippen molar-refractivity contribution in [1.29, 1.82) is 0 Å². The van der Waals surface area contributed by atoms with Gasteiger partial charge in [0.25, 0.3) is 11.7 Å². The van der Waals surface area contributed by atoms with Crippen LogP contribution in [0.2, 0.25) is 0 Å². The minimum absolute atomic E-state index is 0.0193. The van der Waals surface area contributed by atoms with Crippen LogP contribution in [0, 0.1) is 0 Å². The Morgan fingerprint density at radius 2 is 1.73 bits per heavy atom. The summed E-state index contributed by atoms with van der Waals surface area (Å²) in [6.07, 6.45) is 0.793. The molecule has 1 N–H and O–H groups in total. The average Bonchev–Trinajstić information content (AvgIpc) is 3.18. The summed E-state index contributed by atoms with van der Waals surface area (Å²) in [7, 11) is 0. The van der Waals surface area contributed by atoms with Crippen LogP contribution in [0.1, 0.15) is 43.5 Å². The van der Waals surface area contributed by atoms with E-state index < -0.39 is 17.7 Å². The summed E-state index contributed by atoms with van der Waals surface area (Å²) in [5, 5.41) is 11.4. The van der Waals surface area contributed by atoms with Crippen LogP contribution in [0.3, 0.4) is 0 Å². The molecule has 0 aliphatic carbocycles. The number of amides is 1. The first-order valence-corrected chi connectivity index (χ1v) is 12.4. The standard InChI is InChI=1S/C30H29NO6/c1-4-19-8-10-20(11-9-19)27-26(28(32)21-6-5-7-23(16-21)37-18(2)3)29(33)30(34)31(27)22-12-13-24-25(17-22)36-15-14-35-24/h5-13,16-18,27,32H,4,14-15H2,1-3H3/b28-26+. The third kappa shape index (κ3) is 4.65. The normalized spacial score (nSPS) is 18.4. The molecule has 0 radical (unpaired) electrons. The highest BCUT2D eigenvalue weighted by Gasteiger charge is 2.47. The first-order valence-electron chi connectivity index (χ1n) is 12.4. The number of ether oxygens (including phenoxy) is 3. The van der Waals surface area contributed by atoms with Crippen molar-refractivity contribution in [3.05, 3.63) is 89.0 Å². The van der Waals surface area contributed by atoms with Crippen LogP contribution in [0.15, 0.2) is 72.3 Å². The van der Waals surface area contributed by atoms with E-state index >= 15 is 0 Å². The van der Waals surface area contributed by atoms with Crippen molar-refractivity contribution >= 4 is 23.1 Å². The molecule has 190 valence electrons. The fraction of sp³-hybridized carbons (Fsp3) is 0.267. The number of ketones is 1. The van der Waals surface area contributed by atoms with Gasteiger partial charge >= 0.3 is 0 Å². The summed E-state index contributed by atoms with van der Waals surface area (Å²) in [6.45, 7) is 6.71. The molecule has 7 heteroatoms. The molecule has 1 saturated heterocycles. The summed E-state index contributed by atoms with van der Waals surface area (Å²) >= 11 is 0. The first-order chi connectivity index (χ1) is 17.9. The number of aliphatic hydroxyl groups is 1. The van der Waals surface area contributed by atoms with E-state index in [1.165, 1.54) is 4.90 Å². The van der Waals surface area contributed by atoms with E-state index in [0.717, 1.165) is 12.0 Å². The maximum Gasteiger partial charge on any atom is 0.300 e. The fourth-order valence-corrected chi connectivity index (χ4v) is 4.68. The van der Waals surface area contributed by atoms with Gasteiger partial charge in [-0.25, -0.2) is 0 Å². The van der Waals surface area contributed by atoms with Crippen LogP contribution in [0.5, 0.6) is 17.2 Å². The van der Waals surface area contributed by atoms with Gasteiger partial charge < -0.3 is 19.3 Å². The van der Waals surface area contributed by atoms with E-state index in [9.17, 15) is 14.7 Å². The van der Waals surface area contributed by atoms with Gasteiger partial charge in [-0.15, -0.1) is 0 Å². The van der Waals surface area contributed by atoms with Gasteiger partial charge in [0.2, 0.25) is 0 Å². The van der Waals surface area contributed by atoms with Crippen LogP contribution in [-0.4, -0.2) is 36.1 Å². The van der Waals surface area contributed by atoms with Crippen molar-refractivity contribution in [3.8, 4) is 17.2 Å². The van der Waals surface area contributed by atoms with Gasteiger partial charge in [-0.05, 0) is 55.7 Å². The van der Waals surface area contributed by atoms with Gasteiger partial charge in [0.05, 0.1) is 17.7 Å². The Morgan fingerprint density at radius 3 is 2.43 bits per heavy atom. The molecule has 2 heterocycles. The molecule has 3 aromatic rings. The molecule has 37 heavy (non-hydrogen) atoms. The second kappa shape index (κ2) is 10.0. The molecule has 2 aliphatic heterocycles. The maximum absolute atomic E-state index is 13.5. The smallest absolute Gasteiger partial charge is 0.300 e. The van der Waals surface area contributed by atoms with Crippen LogP contribution in [-0.2, 0) is 16.0 Å². The molecule has 1 atom stereocenters. The number of aliphatic hydroxyl groups excluding tert-OH is 1. The second-order valence-electron chi connectivity index (χ2n) is 9.29. The van der Waals surface area contributed by atoms with Crippen molar-refractivity contribution in [2.45, 2.75) is 39.3 Å². The quantitative estimate of drug-likeness (QED) is 0.276. The summed E-state index contributed by atoms with van der Waals surface area (Å²) < 4.78 is 17.1. The SMILES string of the molecule is CCc1ccc(C2/C(=C(\O)c3cccc(OC(C)C)c3)C(=O)C(=O)N2c2ccc3c(c2)OCCO3)cc1. The maximum atomic E-state index is 13.5. The number of anilines is 1. The minimum Gasteiger partial charge on any atom is -0.507 e. The van der Waals surface area contributed by atoms with Crippen LogP contribution in [0.4, 0.5) is 5.69 Å². The topological polar surface area (TPSA) is 85.3 Å². The van der Waals surface area contributed by atoms with Crippen molar-refractivity contribution in [1.82, 2.24) is 0 Å². The lowest BCUT2D eigenvalue weighted by Crippen LogP contribution is -2.29. The summed E-state index contributed by atoms with van der Waals surface area (Å²) in [4.78, 5) is 28.4. The van der Waals surface area contributed by atoms with Gasteiger partial charge in [0.15, 0.2) is 11.5 Å². The Hall–Kier alpha value is -4.26. The van der Waals surface area contributed by atoms with Gasteiger partial charge in [-0.3, -0.25) is 14.5 Å². The number of aryl methyl sites for hydroxylation is 1. The number of Topliss-reactive ketones (excluding diaryl/α,β-unsaturated/α-hetero) is 1. The van der Waals surface area contributed by atoms with Crippen LogP contribution in [0.25, 0.3) is 5.76 Å². The third-order valence-electron chi connectivity index (χ3n) is 6.43. The summed E-state index contributed by atoms with van der Waals surface area (Å²) in [5.41, 5.74) is 2.73. The molecule has 0 bridgehead atoms. The number of nitrogens with zero attached hydrogens (tertiary/aromatic N) is 1. The zero-order valence-corrected chi connectivity index (χ0v) is 21.1. The highest BCUT2D eigenvalue weighted by molar-refractivity contribution is 6.51. The van der Waals surface area contributed by atoms with Gasteiger partial charge in [0.1, 0.15) is 24.7 Å². The van der Waals surface area contributed by atoms with E-state index in [2.05, 4.69) is 6.92 Å². The van der Waals surface area contributed by atoms with Crippen LogP contribution >= 0.6 is 0 Å². The number of carbonyl (C=O) groups is 2. The molecule has 1 fully saturated rings. The minimum atomic E-state index is -0.830. The number of hydrogen-bond donors (Lipinski definition) is 1. The van der Waals surface area contributed by atoms with Crippen molar-refractivity contribution in [2.24, 2.45) is 0 Å². The lowest BCUT2D eigenvalue weighted by atomic mass is 9.94. The number of rotatable bonds is 6. The predicted molar refractivity (Wildman–Crippen MR) is 140 cm³/mol. The highest BCUT2D eigenvalue weighted by atomic mass is 16.6. The molecule has 3 aromatic carbocycles. The highest BCUT2D eigenvalue weighted by Crippen LogP contribution is 2.44. The molecule has 5 rings (SSSR count). The zero-order valence-electron chi connectivity index (χ0n) is 21.1. The van der Waals surface area contributed by atoms with E-state index in [1.54, 1.807) is 42.5 Å².